The van der Waals surface area contributed by atoms with Crippen molar-refractivity contribution in [3.05, 3.63) is 34.3 Å². The number of halogens is 1. The van der Waals surface area contributed by atoms with Gasteiger partial charge in [0.25, 0.3) is 0 Å². The fraction of sp³-hybridized carbons (Fsp3) is 0.588. The maximum Gasteiger partial charge on any atom is 0.308 e. The molecule has 1 aromatic rings. The molecule has 1 saturated carbocycles. The van der Waals surface area contributed by atoms with Gasteiger partial charge in [-0.1, -0.05) is 41.4 Å². The van der Waals surface area contributed by atoms with Gasteiger partial charge in [-0.2, -0.15) is 0 Å². The Bertz CT molecular complexity index is 444. The van der Waals surface area contributed by atoms with Gasteiger partial charge in [0, 0.05) is 4.47 Å². The lowest BCUT2D eigenvalue weighted by molar-refractivity contribution is -0.148. The predicted octanol–water partition coefficient (Wildman–Crippen LogP) is 4.75. The third-order valence-electron chi connectivity index (χ3n) is 4.03. The molecule has 0 amide bonds. The van der Waals surface area contributed by atoms with Crippen LogP contribution in [0.1, 0.15) is 44.6 Å². The highest BCUT2D eigenvalue weighted by atomic mass is 79.9. The topological polar surface area (TPSA) is 26.3 Å². The van der Waals surface area contributed by atoms with E-state index in [2.05, 4.69) is 41.1 Å². The van der Waals surface area contributed by atoms with Crippen molar-refractivity contribution in [2.75, 3.05) is 6.61 Å². The summed E-state index contributed by atoms with van der Waals surface area (Å²) in [4.78, 5) is 11.9. The van der Waals surface area contributed by atoms with E-state index in [1.165, 1.54) is 5.56 Å². The largest absolute Gasteiger partial charge is 0.465 e. The molecule has 110 valence electrons. The van der Waals surface area contributed by atoms with Crippen LogP contribution in [-0.4, -0.2) is 12.6 Å². The van der Waals surface area contributed by atoms with Gasteiger partial charge in [0.05, 0.1) is 12.5 Å². The fourth-order valence-electron chi connectivity index (χ4n) is 2.91. The number of carbonyl (C=O) groups excluding carboxylic acids is 1. The second-order valence-corrected chi connectivity index (χ2v) is 6.65. The normalized spacial score (nSPS) is 21.9. The van der Waals surface area contributed by atoms with Gasteiger partial charge in [0.1, 0.15) is 0 Å². The Balaban J connectivity index is 1.78. The van der Waals surface area contributed by atoms with Gasteiger partial charge in [-0.25, -0.2) is 0 Å². The van der Waals surface area contributed by atoms with Crippen molar-refractivity contribution in [2.45, 2.75) is 45.4 Å². The summed E-state index contributed by atoms with van der Waals surface area (Å²) >= 11 is 3.51. The first-order valence-electron chi connectivity index (χ1n) is 7.60. The molecule has 0 unspecified atom stereocenters. The van der Waals surface area contributed by atoms with Crippen molar-refractivity contribution in [2.24, 2.45) is 11.8 Å². The molecule has 0 radical (unpaired) electrons. The zero-order chi connectivity index (χ0) is 14.4. The smallest absolute Gasteiger partial charge is 0.308 e. The number of rotatable bonds is 6. The van der Waals surface area contributed by atoms with Gasteiger partial charge in [-0.3, -0.25) is 4.79 Å². The molecular weight excluding hydrogens is 316 g/mol. The first-order chi connectivity index (χ1) is 9.69. The van der Waals surface area contributed by atoms with E-state index in [0.29, 0.717) is 12.5 Å². The summed E-state index contributed by atoms with van der Waals surface area (Å²) < 4.78 is 6.47. The van der Waals surface area contributed by atoms with Crippen LogP contribution in [0.15, 0.2) is 28.7 Å². The summed E-state index contributed by atoms with van der Waals surface area (Å²) in [6.45, 7) is 2.69. The lowest BCUT2D eigenvalue weighted by Gasteiger charge is -2.11. The molecule has 2 atom stereocenters. The Morgan fingerprint density at radius 3 is 3.00 bits per heavy atom. The average Bonchev–Trinajstić information content (AvgIpc) is 2.87. The van der Waals surface area contributed by atoms with Crippen LogP contribution in [0.25, 0.3) is 0 Å². The van der Waals surface area contributed by atoms with Crippen LogP contribution in [-0.2, 0) is 16.0 Å². The van der Waals surface area contributed by atoms with Gasteiger partial charge in [0.2, 0.25) is 0 Å². The van der Waals surface area contributed by atoms with E-state index >= 15 is 0 Å². The van der Waals surface area contributed by atoms with Crippen molar-refractivity contribution < 1.29 is 9.53 Å². The van der Waals surface area contributed by atoms with E-state index < -0.39 is 0 Å². The van der Waals surface area contributed by atoms with Gasteiger partial charge in [-0.05, 0) is 55.7 Å². The lowest BCUT2D eigenvalue weighted by atomic mass is 9.97. The molecule has 2 rings (SSSR count). The first kappa shape index (κ1) is 15.6. The number of unbranched alkanes of at least 4 members (excludes halogenated alkanes) is 1. The third-order valence-corrected chi connectivity index (χ3v) is 4.52. The van der Waals surface area contributed by atoms with Crippen LogP contribution < -0.4 is 0 Å². The molecule has 0 bridgehead atoms. The Labute approximate surface area is 130 Å². The summed E-state index contributed by atoms with van der Waals surface area (Å²) in [5.74, 6) is 0.771. The zero-order valence-electron chi connectivity index (χ0n) is 12.1. The highest BCUT2D eigenvalue weighted by molar-refractivity contribution is 9.10. The molecule has 0 heterocycles. The highest BCUT2D eigenvalue weighted by Crippen LogP contribution is 2.34. The number of ether oxygens (including phenoxy) is 1. The van der Waals surface area contributed by atoms with Gasteiger partial charge in [0.15, 0.2) is 0 Å². The highest BCUT2D eigenvalue weighted by Gasteiger charge is 2.30. The minimum atomic E-state index is 0.0233. The molecule has 0 spiro atoms. The minimum absolute atomic E-state index is 0.0233. The third kappa shape index (κ3) is 4.62. The van der Waals surface area contributed by atoms with Crippen molar-refractivity contribution >= 4 is 21.9 Å². The van der Waals surface area contributed by atoms with Crippen molar-refractivity contribution in [1.82, 2.24) is 0 Å². The van der Waals surface area contributed by atoms with Gasteiger partial charge >= 0.3 is 5.97 Å². The number of hydrogen-bond acceptors (Lipinski definition) is 2. The second-order valence-electron chi connectivity index (χ2n) is 5.73. The molecule has 1 fully saturated rings. The van der Waals surface area contributed by atoms with Crippen molar-refractivity contribution in [1.29, 1.82) is 0 Å². The summed E-state index contributed by atoms with van der Waals surface area (Å²) in [6, 6.07) is 8.46. The van der Waals surface area contributed by atoms with Crippen LogP contribution in [0, 0.1) is 11.8 Å². The summed E-state index contributed by atoms with van der Waals surface area (Å²) in [7, 11) is 0. The molecule has 1 aliphatic carbocycles. The molecule has 1 aromatic carbocycles. The fourth-order valence-corrected chi connectivity index (χ4v) is 3.35. The molecule has 0 N–H and O–H groups in total. The van der Waals surface area contributed by atoms with E-state index in [-0.39, 0.29) is 11.9 Å². The van der Waals surface area contributed by atoms with E-state index in [1.54, 1.807) is 0 Å². The molecular formula is C17H23BrO2. The molecule has 2 nitrogen and oxygen atoms in total. The van der Waals surface area contributed by atoms with Gasteiger partial charge < -0.3 is 4.74 Å². The predicted molar refractivity (Wildman–Crippen MR) is 84.5 cm³/mol. The SMILES string of the molecule is CCCCOC(=O)[C@@H]1CC[C@@H](Cc2cccc(Br)c2)C1. The minimum Gasteiger partial charge on any atom is -0.465 e. The Kier molecular flexibility index (Phi) is 6.08. The van der Waals surface area contributed by atoms with E-state index in [0.717, 1.165) is 43.0 Å². The van der Waals surface area contributed by atoms with Crippen LogP contribution in [0.3, 0.4) is 0 Å². The lowest BCUT2D eigenvalue weighted by Crippen LogP contribution is -2.16. The quantitative estimate of drug-likeness (QED) is 0.552. The van der Waals surface area contributed by atoms with E-state index in [9.17, 15) is 4.79 Å². The number of benzene rings is 1. The molecule has 20 heavy (non-hydrogen) atoms. The summed E-state index contributed by atoms with van der Waals surface area (Å²) in [5.41, 5.74) is 1.35. The average molecular weight is 339 g/mol. The number of hydrogen-bond donors (Lipinski definition) is 0. The van der Waals surface area contributed by atoms with Crippen LogP contribution in [0.4, 0.5) is 0 Å². The van der Waals surface area contributed by atoms with E-state index in [4.69, 9.17) is 4.74 Å². The maximum absolute atomic E-state index is 11.9. The Morgan fingerprint density at radius 2 is 2.25 bits per heavy atom. The first-order valence-corrected chi connectivity index (χ1v) is 8.39. The van der Waals surface area contributed by atoms with E-state index in [1.807, 2.05) is 6.07 Å². The van der Waals surface area contributed by atoms with Crippen LogP contribution in [0.2, 0.25) is 0 Å². The van der Waals surface area contributed by atoms with Crippen molar-refractivity contribution in [3.63, 3.8) is 0 Å². The molecule has 0 aliphatic heterocycles. The summed E-state index contributed by atoms with van der Waals surface area (Å²) in [6.07, 6.45) is 6.22. The van der Waals surface area contributed by atoms with Crippen molar-refractivity contribution in [3.8, 4) is 0 Å². The maximum atomic E-state index is 11.9. The molecule has 3 heteroatoms. The molecule has 1 aliphatic rings. The monoisotopic (exact) mass is 338 g/mol. The number of carbonyl (C=O) groups is 1. The standard InChI is InChI=1S/C17H23BrO2/c1-2-3-9-20-17(19)15-8-7-14(11-15)10-13-5-4-6-16(18)12-13/h4-6,12,14-15H,2-3,7-11H2,1H3/t14-,15+/m0/s1. The second kappa shape index (κ2) is 7.82. The molecule has 0 aromatic heterocycles. The Morgan fingerprint density at radius 1 is 1.40 bits per heavy atom. The van der Waals surface area contributed by atoms with Crippen LogP contribution in [0.5, 0.6) is 0 Å². The summed E-state index contributed by atoms with van der Waals surface area (Å²) in [5, 5.41) is 0. The van der Waals surface area contributed by atoms with Gasteiger partial charge in [-0.15, -0.1) is 0 Å². The number of esters is 1. The molecule has 0 saturated heterocycles. The Hall–Kier alpha value is -0.830. The van der Waals surface area contributed by atoms with Crippen LogP contribution >= 0.6 is 15.9 Å². The zero-order valence-corrected chi connectivity index (χ0v) is 13.7.